The maximum absolute atomic E-state index is 13.0. The van der Waals surface area contributed by atoms with E-state index in [1.807, 2.05) is 0 Å². The minimum absolute atomic E-state index is 0.111. The number of carbonyl (C=O) groups is 1. The number of rotatable bonds is 2. The van der Waals surface area contributed by atoms with Gasteiger partial charge in [0.1, 0.15) is 5.82 Å². The number of carbonyl (C=O) groups excluding carboxylic acids is 1. The van der Waals surface area contributed by atoms with Crippen LogP contribution in [0.1, 0.15) is 11.1 Å². The Kier molecular flexibility index (Phi) is 4.89. The molecule has 9 heteroatoms. The van der Waals surface area contributed by atoms with Gasteiger partial charge in [0.2, 0.25) is 0 Å². The number of urea groups is 1. The fourth-order valence-corrected chi connectivity index (χ4v) is 1.28. The minimum atomic E-state index is -4.78. The number of aliphatic imine (C=N–C) groups is 1. The molecule has 0 radical (unpaired) electrons. The smallest absolute Gasteiger partial charge is 0.370 e. The molecular formula is C11H12F4N4O. The van der Waals surface area contributed by atoms with E-state index in [9.17, 15) is 22.4 Å². The summed E-state index contributed by atoms with van der Waals surface area (Å²) in [5, 5.41) is 4.36. The van der Waals surface area contributed by atoms with Crippen molar-refractivity contribution in [1.29, 1.82) is 0 Å². The third-order valence-corrected chi connectivity index (χ3v) is 2.24. The van der Waals surface area contributed by atoms with Crippen LogP contribution in [-0.2, 0) is 12.7 Å². The van der Waals surface area contributed by atoms with Crippen LogP contribution < -0.4 is 16.4 Å². The predicted molar refractivity (Wildman–Crippen MR) is 64.3 cm³/mol. The zero-order valence-electron chi connectivity index (χ0n) is 10.4. The summed E-state index contributed by atoms with van der Waals surface area (Å²) in [7, 11) is 1.36. The SMILES string of the molecule is CNC(=O)NC(N)=NCc1ccc(F)c(C(F)(F)F)c1. The average molecular weight is 292 g/mol. The van der Waals surface area contributed by atoms with Gasteiger partial charge in [-0.25, -0.2) is 14.2 Å². The molecule has 0 saturated carbocycles. The molecule has 0 fully saturated rings. The lowest BCUT2D eigenvalue weighted by atomic mass is 10.1. The maximum Gasteiger partial charge on any atom is 0.419 e. The molecule has 5 nitrogen and oxygen atoms in total. The normalized spacial score (nSPS) is 12.2. The molecule has 4 N–H and O–H groups in total. The Labute approximate surface area is 111 Å². The molecule has 0 spiro atoms. The molecular weight excluding hydrogens is 280 g/mol. The number of alkyl halides is 3. The van der Waals surface area contributed by atoms with Crippen molar-refractivity contribution in [3.63, 3.8) is 0 Å². The number of nitrogens with one attached hydrogen (secondary N) is 2. The lowest BCUT2D eigenvalue weighted by Crippen LogP contribution is -2.41. The maximum atomic E-state index is 13.0. The molecule has 1 rings (SSSR count). The third-order valence-electron chi connectivity index (χ3n) is 2.24. The van der Waals surface area contributed by atoms with E-state index in [2.05, 4.69) is 15.6 Å². The van der Waals surface area contributed by atoms with Gasteiger partial charge in [0.15, 0.2) is 5.96 Å². The summed E-state index contributed by atoms with van der Waals surface area (Å²) in [6.07, 6.45) is -4.78. The highest BCUT2D eigenvalue weighted by Crippen LogP contribution is 2.31. The molecule has 0 aliphatic rings. The highest BCUT2D eigenvalue weighted by atomic mass is 19.4. The molecule has 0 saturated heterocycles. The van der Waals surface area contributed by atoms with E-state index in [0.717, 1.165) is 6.07 Å². The number of nitrogens with two attached hydrogens (primary N) is 1. The van der Waals surface area contributed by atoms with Crippen molar-refractivity contribution in [2.24, 2.45) is 10.7 Å². The van der Waals surface area contributed by atoms with E-state index in [0.29, 0.717) is 12.1 Å². The Balaban J connectivity index is 2.84. The second-order valence-corrected chi connectivity index (χ2v) is 3.72. The summed E-state index contributed by atoms with van der Waals surface area (Å²) in [6, 6.07) is 1.89. The number of nitrogens with zero attached hydrogens (tertiary/aromatic N) is 1. The Bertz CT molecular complexity index is 528. The van der Waals surface area contributed by atoms with E-state index in [-0.39, 0.29) is 18.1 Å². The fourth-order valence-electron chi connectivity index (χ4n) is 1.28. The summed E-state index contributed by atoms with van der Waals surface area (Å²) in [5.41, 5.74) is 4.07. The second-order valence-electron chi connectivity index (χ2n) is 3.72. The first-order chi connectivity index (χ1) is 9.24. The van der Waals surface area contributed by atoms with Crippen LogP contribution in [0, 0.1) is 5.82 Å². The fraction of sp³-hybridized carbons (Fsp3) is 0.273. The molecule has 1 aromatic rings. The van der Waals surface area contributed by atoms with Crippen LogP contribution in [0.15, 0.2) is 23.2 Å². The lowest BCUT2D eigenvalue weighted by Gasteiger charge is -2.09. The zero-order valence-corrected chi connectivity index (χ0v) is 10.4. The van der Waals surface area contributed by atoms with Crippen LogP contribution in [0.25, 0.3) is 0 Å². The van der Waals surface area contributed by atoms with Crippen molar-refractivity contribution in [3.05, 3.63) is 35.1 Å². The Hall–Kier alpha value is -2.32. The monoisotopic (exact) mass is 292 g/mol. The van der Waals surface area contributed by atoms with Gasteiger partial charge in [-0.15, -0.1) is 0 Å². The molecule has 0 atom stereocenters. The topological polar surface area (TPSA) is 79.5 Å². The van der Waals surface area contributed by atoms with Crippen molar-refractivity contribution in [1.82, 2.24) is 10.6 Å². The molecule has 20 heavy (non-hydrogen) atoms. The van der Waals surface area contributed by atoms with E-state index in [1.54, 1.807) is 0 Å². The van der Waals surface area contributed by atoms with Gasteiger partial charge in [-0.1, -0.05) is 6.07 Å². The first-order valence-corrected chi connectivity index (χ1v) is 5.38. The first kappa shape index (κ1) is 15.7. The minimum Gasteiger partial charge on any atom is -0.370 e. The summed E-state index contributed by atoms with van der Waals surface area (Å²) in [4.78, 5) is 14.6. The Morgan fingerprint density at radius 3 is 2.60 bits per heavy atom. The first-order valence-electron chi connectivity index (χ1n) is 5.38. The summed E-state index contributed by atoms with van der Waals surface area (Å²) < 4.78 is 50.5. The van der Waals surface area contributed by atoms with E-state index >= 15 is 0 Å². The number of hydrogen-bond acceptors (Lipinski definition) is 2. The Morgan fingerprint density at radius 1 is 1.40 bits per heavy atom. The van der Waals surface area contributed by atoms with Crippen LogP contribution in [0.3, 0.4) is 0 Å². The quantitative estimate of drug-likeness (QED) is 0.439. The van der Waals surface area contributed by atoms with Crippen molar-refractivity contribution in [2.75, 3.05) is 7.05 Å². The predicted octanol–water partition coefficient (Wildman–Crippen LogP) is 1.59. The molecule has 110 valence electrons. The molecule has 0 bridgehead atoms. The van der Waals surface area contributed by atoms with Gasteiger partial charge in [0.25, 0.3) is 0 Å². The van der Waals surface area contributed by atoms with Crippen LogP contribution in [0.2, 0.25) is 0 Å². The number of guanidine groups is 1. The molecule has 1 aromatic carbocycles. The molecule has 0 aromatic heterocycles. The van der Waals surface area contributed by atoms with Crippen molar-refractivity contribution in [2.45, 2.75) is 12.7 Å². The van der Waals surface area contributed by atoms with Gasteiger partial charge in [-0.2, -0.15) is 13.2 Å². The van der Waals surface area contributed by atoms with Crippen molar-refractivity contribution < 1.29 is 22.4 Å². The van der Waals surface area contributed by atoms with Crippen LogP contribution in [-0.4, -0.2) is 19.0 Å². The molecule has 2 amide bonds. The standard InChI is InChI=1S/C11H12F4N4O/c1-17-10(20)19-9(16)18-5-6-2-3-8(12)7(4-6)11(13,14)15/h2-4H,5H2,1H3,(H4,16,17,18,19,20). The summed E-state index contributed by atoms with van der Waals surface area (Å²) in [6.45, 7) is -0.223. The highest BCUT2D eigenvalue weighted by molar-refractivity contribution is 5.95. The molecule has 0 aliphatic carbocycles. The summed E-state index contributed by atoms with van der Waals surface area (Å²) >= 11 is 0. The van der Waals surface area contributed by atoms with Gasteiger partial charge in [0.05, 0.1) is 12.1 Å². The van der Waals surface area contributed by atoms with Gasteiger partial charge in [0, 0.05) is 7.05 Å². The van der Waals surface area contributed by atoms with Gasteiger partial charge in [-0.05, 0) is 17.7 Å². The molecule has 0 heterocycles. The van der Waals surface area contributed by atoms with Crippen LogP contribution >= 0.6 is 0 Å². The highest BCUT2D eigenvalue weighted by Gasteiger charge is 2.34. The Morgan fingerprint density at radius 2 is 2.05 bits per heavy atom. The second kappa shape index (κ2) is 6.22. The van der Waals surface area contributed by atoms with Gasteiger partial charge >= 0.3 is 12.2 Å². The summed E-state index contributed by atoms with van der Waals surface area (Å²) in [5.74, 6) is -1.62. The third kappa shape index (κ3) is 4.41. The van der Waals surface area contributed by atoms with E-state index in [1.165, 1.54) is 7.05 Å². The number of hydrogen-bond donors (Lipinski definition) is 3. The number of benzene rings is 1. The largest absolute Gasteiger partial charge is 0.419 e. The number of amides is 2. The lowest BCUT2D eigenvalue weighted by molar-refractivity contribution is -0.140. The van der Waals surface area contributed by atoms with Gasteiger partial charge in [-0.3, -0.25) is 5.32 Å². The average Bonchev–Trinajstić information content (AvgIpc) is 2.36. The molecule has 0 aliphatic heterocycles. The zero-order chi connectivity index (χ0) is 15.3. The number of halogens is 4. The molecule has 0 unspecified atom stereocenters. The van der Waals surface area contributed by atoms with Crippen molar-refractivity contribution >= 4 is 12.0 Å². The van der Waals surface area contributed by atoms with Gasteiger partial charge < -0.3 is 11.1 Å². The van der Waals surface area contributed by atoms with Crippen LogP contribution in [0.4, 0.5) is 22.4 Å². The van der Waals surface area contributed by atoms with E-state index in [4.69, 9.17) is 5.73 Å². The van der Waals surface area contributed by atoms with E-state index < -0.39 is 23.6 Å². The van der Waals surface area contributed by atoms with Crippen molar-refractivity contribution in [3.8, 4) is 0 Å². The van der Waals surface area contributed by atoms with Crippen LogP contribution in [0.5, 0.6) is 0 Å².